The van der Waals surface area contributed by atoms with Crippen molar-refractivity contribution in [1.29, 1.82) is 0 Å². The number of hydrogen-bond acceptors (Lipinski definition) is 3. The molecule has 0 radical (unpaired) electrons. The van der Waals surface area contributed by atoms with E-state index in [9.17, 15) is 0 Å². The molecule has 0 saturated heterocycles. The predicted molar refractivity (Wildman–Crippen MR) is 84.0 cm³/mol. The summed E-state index contributed by atoms with van der Waals surface area (Å²) in [7, 11) is 1.96. The van der Waals surface area contributed by atoms with E-state index in [0.717, 1.165) is 37.3 Å². The Bertz CT molecular complexity index is 725. The quantitative estimate of drug-likeness (QED) is 0.706. The van der Waals surface area contributed by atoms with Crippen LogP contribution >= 0.6 is 0 Å². The number of hydrogen-bond donors (Lipinski definition) is 1. The van der Waals surface area contributed by atoms with Crippen LogP contribution in [0.1, 0.15) is 17.7 Å². The molecule has 0 aliphatic carbocycles. The number of rotatable bonds is 6. The van der Waals surface area contributed by atoms with Gasteiger partial charge < -0.3 is 9.88 Å². The van der Waals surface area contributed by atoms with Crippen molar-refractivity contribution in [3.05, 3.63) is 48.0 Å². The van der Waals surface area contributed by atoms with Gasteiger partial charge in [-0.3, -0.25) is 4.68 Å². The van der Waals surface area contributed by atoms with Crippen molar-refractivity contribution in [2.45, 2.75) is 26.4 Å². The molecule has 1 N–H and O–H groups in total. The maximum atomic E-state index is 4.41. The van der Waals surface area contributed by atoms with Gasteiger partial charge in [-0.05, 0) is 32.0 Å². The van der Waals surface area contributed by atoms with Crippen molar-refractivity contribution < 1.29 is 0 Å². The normalized spacial score (nSPS) is 11.3. The molecule has 3 rings (SSSR count). The minimum Gasteiger partial charge on any atom is -0.331 e. The summed E-state index contributed by atoms with van der Waals surface area (Å²) in [4.78, 5) is 4.41. The van der Waals surface area contributed by atoms with Gasteiger partial charge in [0.05, 0.1) is 23.1 Å². The van der Waals surface area contributed by atoms with Gasteiger partial charge in [-0.2, -0.15) is 5.10 Å². The first-order chi connectivity index (χ1) is 10.2. The summed E-state index contributed by atoms with van der Waals surface area (Å²) in [5, 5.41) is 7.83. The molecule has 0 unspecified atom stereocenters. The molecular formula is C16H21N5. The van der Waals surface area contributed by atoms with Gasteiger partial charge in [0.2, 0.25) is 0 Å². The average molecular weight is 283 g/mol. The van der Waals surface area contributed by atoms with Crippen LogP contribution in [0.3, 0.4) is 0 Å². The molecule has 0 bridgehead atoms. The van der Waals surface area contributed by atoms with Gasteiger partial charge in [0.25, 0.3) is 0 Å². The van der Waals surface area contributed by atoms with Gasteiger partial charge in [0.1, 0.15) is 0 Å². The molecule has 3 aromatic rings. The van der Waals surface area contributed by atoms with Crippen LogP contribution in [0.5, 0.6) is 0 Å². The van der Waals surface area contributed by atoms with Gasteiger partial charge in [-0.15, -0.1) is 0 Å². The summed E-state index contributed by atoms with van der Waals surface area (Å²) < 4.78 is 4.08. The fourth-order valence-corrected chi connectivity index (χ4v) is 2.61. The van der Waals surface area contributed by atoms with Crippen LogP contribution in [0.25, 0.3) is 11.0 Å². The van der Waals surface area contributed by atoms with E-state index >= 15 is 0 Å². The van der Waals surface area contributed by atoms with E-state index in [1.165, 1.54) is 11.1 Å². The fourth-order valence-electron chi connectivity index (χ4n) is 2.61. The second-order valence-electron chi connectivity index (χ2n) is 5.37. The number of aromatic nitrogens is 4. The minimum absolute atomic E-state index is 0.879. The van der Waals surface area contributed by atoms with Crippen molar-refractivity contribution in [3.63, 3.8) is 0 Å². The Morgan fingerprint density at radius 1 is 1.24 bits per heavy atom. The molecule has 0 spiro atoms. The number of fused-ring (bicyclic) bond motifs is 1. The molecular weight excluding hydrogens is 262 g/mol. The van der Waals surface area contributed by atoms with Crippen molar-refractivity contribution in [2.75, 3.05) is 6.54 Å². The Labute approximate surface area is 124 Å². The van der Waals surface area contributed by atoms with E-state index in [1.54, 1.807) is 0 Å². The third kappa shape index (κ3) is 3.13. The second-order valence-corrected chi connectivity index (χ2v) is 5.37. The van der Waals surface area contributed by atoms with Crippen molar-refractivity contribution >= 4 is 11.0 Å². The molecule has 2 aromatic heterocycles. The van der Waals surface area contributed by atoms with Gasteiger partial charge in [-0.25, -0.2) is 4.98 Å². The summed E-state index contributed by atoms with van der Waals surface area (Å²) in [6.07, 6.45) is 5.08. The maximum absolute atomic E-state index is 4.41. The third-order valence-electron chi connectivity index (χ3n) is 3.71. The summed E-state index contributed by atoms with van der Waals surface area (Å²) in [5.74, 6) is 0. The fraction of sp³-hybridized carbons (Fsp3) is 0.375. The van der Waals surface area contributed by atoms with Gasteiger partial charge >= 0.3 is 0 Å². The molecule has 0 amide bonds. The maximum Gasteiger partial charge on any atom is 0.0958 e. The number of benzene rings is 1. The lowest BCUT2D eigenvalue weighted by molar-refractivity contribution is 0.588. The Kier molecular flexibility index (Phi) is 4.01. The number of nitrogens with one attached hydrogen (secondary N) is 1. The highest BCUT2D eigenvalue weighted by atomic mass is 15.2. The van der Waals surface area contributed by atoms with E-state index in [0.29, 0.717) is 0 Å². The first-order valence-corrected chi connectivity index (χ1v) is 7.34. The second kappa shape index (κ2) is 6.10. The highest BCUT2D eigenvalue weighted by Gasteiger charge is 2.03. The molecule has 0 atom stereocenters. The Morgan fingerprint density at radius 3 is 2.90 bits per heavy atom. The van der Waals surface area contributed by atoms with Gasteiger partial charge in [0.15, 0.2) is 0 Å². The molecule has 5 heteroatoms. The smallest absolute Gasteiger partial charge is 0.0958 e. The van der Waals surface area contributed by atoms with Crippen LogP contribution in [0, 0.1) is 6.92 Å². The SMILES string of the molecule is Cc1nn(C)cc1CNCCCn1cnc2ccccc21. The lowest BCUT2D eigenvalue weighted by Gasteiger charge is -2.06. The van der Waals surface area contributed by atoms with Crippen LogP contribution in [0.15, 0.2) is 36.8 Å². The molecule has 5 nitrogen and oxygen atoms in total. The summed E-state index contributed by atoms with van der Waals surface area (Å²) in [6.45, 7) is 4.90. The van der Waals surface area contributed by atoms with Crippen LogP contribution in [-0.2, 0) is 20.1 Å². The zero-order valence-corrected chi connectivity index (χ0v) is 12.6. The molecule has 0 aliphatic rings. The topological polar surface area (TPSA) is 47.7 Å². The van der Waals surface area contributed by atoms with Crippen molar-refractivity contribution in [2.24, 2.45) is 7.05 Å². The summed E-state index contributed by atoms with van der Waals surface area (Å²) in [6, 6.07) is 8.26. The molecule has 0 fully saturated rings. The summed E-state index contributed by atoms with van der Waals surface area (Å²) >= 11 is 0. The van der Waals surface area contributed by atoms with E-state index in [2.05, 4.69) is 51.3 Å². The van der Waals surface area contributed by atoms with E-state index in [-0.39, 0.29) is 0 Å². The number of aryl methyl sites for hydroxylation is 3. The highest BCUT2D eigenvalue weighted by molar-refractivity contribution is 5.74. The standard InChI is InChI=1S/C16H21N5/c1-13-14(11-20(2)19-13)10-17-8-5-9-21-12-18-15-6-3-4-7-16(15)21/h3-4,6-7,11-12,17H,5,8-10H2,1-2H3. The van der Waals surface area contributed by atoms with Crippen LogP contribution in [0.2, 0.25) is 0 Å². The van der Waals surface area contributed by atoms with E-state index in [4.69, 9.17) is 0 Å². The van der Waals surface area contributed by atoms with Crippen LogP contribution < -0.4 is 5.32 Å². The molecule has 2 heterocycles. The lowest BCUT2D eigenvalue weighted by atomic mass is 10.2. The first-order valence-electron chi connectivity index (χ1n) is 7.34. The van der Waals surface area contributed by atoms with Crippen LogP contribution in [-0.4, -0.2) is 25.9 Å². The summed E-state index contributed by atoms with van der Waals surface area (Å²) in [5.41, 5.74) is 4.65. The number of nitrogens with zero attached hydrogens (tertiary/aromatic N) is 4. The first kappa shape index (κ1) is 13.8. The molecule has 0 aliphatic heterocycles. The number of imidazole rings is 1. The minimum atomic E-state index is 0.879. The molecule has 0 saturated carbocycles. The van der Waals surface area contributed by atoms with Crippen LogP contribution in [0.4, 0.5) is 0 Å². The molecule has 1 aromatic carbocycles. The Balaban J connectivity index is 1.47. The van der Waals surface area contributed by atoms with Crippen molar-refractivity contribution in [1.82, 2.24) is 24.6 Å². The zero-order valence-electron chi connectivity index (χ0n) is 12.6. The van der Waals surface area contributed by atoms with E-state index in [1.807, 2.05) is 24.1 Å². The average Bonchev–Trinajstić information content (AvgIpc) is 3.02. The largest absolute Gasteiger partial charge is 0.331 e. The monoisotopic (exact) mass is 283 g/mol. The Morgan fingerprint density at radius 2 is 2.10 bits per heavy atom. The predicted octanol–water partition coefficient (Wildman–Crippen LogP) is 2.26. The lowest BCUT2D eigenvalue weighted by Crippen LogP contribution is -2.16. The van der Waals surface area contributed by atoms with Gasteiger partial charge in [-0.1, -0.05) is 12.1 Å². The van der Waals surface area contributed by atoms with Crippen molar-refractivity contribution in [3.8, 4) is 0 Å². The zero-order chi connectivity index (χ0) is 14.7. The molecule has 21 heavy (non-hydrogen) atoms. The third-order valence-corrected chi connectivity index (χ3v) is 3.71. The van der Waals surface area contributed by atoms with Gasteiger partial charge in [0, 0.05) is 31.9 Å². The molecule has 110 valence electrons. The number of para-hydroxylation sites is 2. The Hall–Kier alpha value is -2.14. The highest BCUT2D eigenvalue weighted by Crippen LogP contribution is 2.12. The van der Waals surface area contributed by atoms with E-state index < -0.39 is 0 Å².